The average molecular weight is 522 g/mol. The lowest BCUT2D eigenvalue weighted by Crippen LogP contribution is -2.24. The number of ether oxygens (including phenoxy) is 4. The Morgan fingerprint density at radius 3 is 2.42 bits per heavy atom. The van der Waals surface area contributed by atoms with Crippen molar-refractivity contribution in [2.45, 2.75) is 13.3 Å². The maximum Gasteiger partial charge on any atom is 0.343 e. The van der Waals surface area contributed by atoms with E-state index in [-0.39, 0.29) is 6.61 Å². The third-order valence-electron chi connectivity index (χ3n) is 3.99. The molecular weight excluding hydrogens is 498 g/mol. The van der Waals surface area contributed by atoms with Gasteiger partial charge in [-0.05, 0) is 64.8 Å². The van der Waals surface area contributed by atoms with E-state index in [9.17, 15) is 14.4 Å². The summed E-state index contributed by atoms with van der Waals surface area (Å²) in [6.45, 7) is 1.88. The van der Waals surface area contributed by atoms with Crippen LogP contribution in [0.5, 0.6) is 17.2 Å². The highest BCUT2D eigenvalue weighted by Crippen LogP contribution is 2.36. The Labute approximate surface area is 199 Å². The smallest absolute Gasteiger partial charge is 0.343 e. The van der Waals surface area contributed by atoms with Gasteiger partial charge in [-0.25, -0.2) is 10.2 Å². The molecule has 2 rings (SSSR count). The number of halogens is 1. The number of anilines is 1. The molecule has 0 saturated heterocycles. The fraction of sp³-hybridized carbons (Fsp3) is 0.273. The minimum absolute atomic E-state index is 0.280. The van der Waals surface area contributed by atoms with Crippen molar-refractivity contribution in [3.63, 3.8) is 0 Å². The summed E-state index contributed by atoms with van der Waals surface area (Å²) in [5, 5.41) is 6.49. The second-order valence-electron chi connectivity index (χ2n) is 6.37. The van der Waals surface area contributed by atoms with Crippen molar-refractivity contribution in [3.8, 4) is 17.2 Å². The molecule has 33 heavy (non-hydrogen) atoms. The first kappa shape index (κ1) is 25.7. The molecule has 0 atom stereocenters. The van der Waals surface area contributed by atoms with Crippen molar-refractivity contribution >= 4 is 45.6 Å². The van der Waals surface area contributed by atoms with Gasteiger partial charge >= 0.3 is 5.97 Å². The molecule has 2 aromatic rings. The molecule has 0 heterocycles. The number of benzene rings is 2. The Morgan fingerprint density at radius 2 is 1.79 bits per heavy atom. The van der Waals surface area contributed by atoms with Crippen molar-refractivity contribution in [2.75, 3.05) is 32.8 Å². The molecular formula is C22H24BrN3O7. The fourth-order valence-corrected chi connectivity index (χ4v) is 3.07. The SMILES string of the molecule is CCOc1cc(C=NNC(=O)CC(=O)Nc2ccc(OC)cc2)cc(Br)c1OCC(=O)OC. The van der Waals surface area contributed by atoms with E-state index in [1.165, 1.54) is 13.3 Å². The van der Waals surface area contributed by atoms with Crippen LogP contribution in [-0.2, 0) is 19.1 Å². The molecule has 0 bridgehead atoms. The van der Waals surface area contributed by atoms with Crippen molar-refractivity contribution in [3.05, 3.63) is 46.4 Å². The van der Waals surface area contributed by atoms with Gasteiger partial charge in [0.2, 0.25) is 11.8 Å². The Balaban J connectivity index is 1.95. The number of carbonyl (C=O) groups excluding carboxylic acids is 3. The second kappa shape index (κ2) is 13.1. The molecule has 10 nitrogen and oxygen atoms in total. The summed E-state index contributed by atoms with van der Waals surface area (Å²) in [5.41, 5.74) is 3.42. The number of esters is 1. The Hall–Kier alpha value is -3.60. The van der Waals surface area contributed by atoms with Crippen molar-refractivity contribution in [2.24, 2.45) is 5.10 Å². The van der Waals surface area contributed by atoms with E-state index in [0.29, 0.717) is 39.6 Å². The summed E-state index contributed by atoms with van der Waals surface area (Å²) in [5.74, 6) is -0.238. The number of hydrazone groups is 1. The number of amides is 2. The van der Waals surface area contributed by atoms with Crippen LogP contribution in [0.1, 0.15) is 18.9 Å². The summed E-state index contributed by atoms with van der Waals surface area (Å²) in [6, 6.07) is 10.0. The summed E-state index contributed by atoms with van der Waals surface area (Å²) in [7, 11) is 2.81. The first-order chi connectivity index (χ1) is 15.9. The van der Waals surface area contributed by atoms with Gasteiger partial charge in [-0.1, -0.05) is 0 Å². The molecule has 0 radical (unpaired) electrons. The predicted molar refractivity (Wildman–Crippen MR) is 125 cm³/mol. The number of nitrogens with one attached hydrogen (secondary N) is 2. The lowest BCUT2D eigenvalue weighted by Gasteiger charge is -2.13. The molecule has 11 heteroatoms. The van der Waals surface area contributed by atoms with Crippen LogP contribution in [0.4, 0.5) is 5.69 Å². The summed E-state index contributed by atoms with van der Waals surface area (Å²) >= 11 is 3.37. The lowest BCUT2D eigenvalue weighted by molar-refractivity contribution is -0.143. The van der Waals surface area contributed by atoms with Crippen LogP contribution in [0.25, 0.3) is 0 Å². The highest BCUT2D eigenvalue weighted by atomic mass is 79.9. The summed E-state index contributed by atoms with van der Waals surface area (Å²) in [6.07, 6.45) is 0.980. The summed E-state index contributed by atoms with van der Waals surface area (Å²) < 4.78 is 21.2. The van der Waals surface area contributed by atoms with Gasteiger partial charge in [0.15, 0.2) is 18.1 Å². The third-order valence-corrected chi connectivity index (χ3v) is 4.58. The molecule has 0 spiro atoms. The second-order valence-corrected chi connectivity index (χ2v) is 7.23. The molecule has 0 aliphatic rings. The van der Waals surface area contributed by atoms with E-state index >= 15 is 0 Å². The van der Waals surface area contributed by atoms with E-state index in [2.05, 4.69) is 36.5 Å². The largest absolute Gasteiger partial charge is 0.497 e. The fourth-order valence-electron chi connectivity index (χ4n) is 2.50. The van der Waals surface area contributed by atoms with Crippen LogP contribution in [0.2, 0.25) is 0 Å². The van der Waals surface area contributed by atoms with Gasteiger partial charge in [-0.15, -0.1) is 0 Å². The van der Waals surface area contributed by atoms with Gasteiger partial charge in [0.05, 0.1) is 31.5 Å². The minimum atomic E-state index is -0.584. The van der Waals surface area contributed by atoms with Gasteiger partial charge < -0.3 is 24.3 Å². The molecule has 0 aliphatic carbocycles. The number of carbonyl (C=O) groups is 3. The molecule has 176 valence electrons. The third kappa shape index (κ3) is 8.45. The molecule has 0 fully saturated rings. The molecule has 2 aromatic carbocycles. The minimum Gasteiger partial charge on any atom is -0.497 e. The maximum absolute atomic E-state index is 12.0. The molecule has 2 amide bonds. The van der Waals surface area contributed by atoms with Gasteiger partial charge in [0.1, 0.15) is 12.2 Å². The van der Waals surface area contributed by atoms with Crippen LogP contribution in [0.3, 0.4) is 0 Å². The number of rotatable bonds is 11. The van der Waals surface area contributed by atoms with Gasteiger partial charge in [-0.2, -0.15) is 5.10 Å². The zero-order valence-corrected chi connectivity index (χ0v) is 19.9. The molecule has 0 aliphatic heterocycles. The van der Waals surface area contributed by atoms with Crippen LogP contribution < -0.4 is 25.0 Å². The number of nitrogens with zero attached hydrogens (tertiary/aromatic N) is 1. The zero-order chi connectivity index (χ0) is 24.2. The predicted octanol–water partition coefficient (Wildman–Crippen LogP) is 2.89. The van der Waals surface area contributed by atoms with Crippen molar-refractivity contribution in [1.29, 1.82) is 0 Å². The highest BCUT2D eigenvalue weighted by Gasteiger charge is 2.14. The number of hydrogen-bond acceptors (Lipinski definition) is 8. The van der Waals surface area contributed by atoms with Crippen molar-refractivity contribution in [1.82, 2.24) is 5.43 Å². The van der Waals surface area contributed by atoms with Crippen LogP contribution in [0, 0.1) is 0 Å². The molecule has 2 N–H and O–H groups in total. The van der Waals surface area contributed by atoms with Gasteiger partial charge in [-0.3, -0.25) is 9.59 Å². The van der Waals surface area contributed by atoms with E-state index in [1.807, 2.05) is 0 Å². The van der Waals surface area contributed by atoms with Gasteiger partial charge in [0, 0.05) is 5.69 Å². The quantitative estimate of drug-likeness (QED) is 0.201. The Kier molecular flexibility index (Phi) is 10.2. The highest BCUT2D eigenvalue weighted by molar-refractivity contribution is 9.10. The molecule has 0 aromatic heterocycles. The van der Waals surface area contributed by atoms with Crippen LogP contribution >= 0.6 is 15.9 Å². The Bertz CT molecular complexity index is 1010. The number of hydrogen-bond donors (Lipinski definition) is 2. The zero-order valence-electron chi connectivity index (χ0n) is 18.3. The van der Waals surface area contributed by atoms with Crippen molar-refractivity contribution < 1.29 is 33.3 Å². The Morgan fingerprint density at radius 1 is 1.06 bits per heavy atom. The molecule has 0 saturated carbocycles. The summed E-state index contributed by atoms with van der Waals surface area (Å²) in [4.78, 5) is 35.4. The first-order valence-electron chi connectivity index (χ1n) is 9.78. The normalized spacial score (nSPS) is 10.4. The van der Waals surface area contributed by atoms with Gasteiger partial charge in [0.25, 0.3) is 0 Å². The average Bonchev–Trinajstić information content (AvgIpc) is 2.79. The molecule has 0 unspecified atom stereocenters. The topological polar surface area (TPSA) is 125 Å². The van der Waals surface area contributed by atoms with E-state index in [1.54, 1.807) is 50.4 Å². The van der Waals surface area contributed by atoms with E-state index in [4.69, 9.17) is 14.2 Å². The maximum atomic E-state index is 12.0. The standard InChI is InChI=1S/C22H24BrN3O7/c1-4-32-18-10-14(9-17(23)22(18)33-13-21(29)31-3)12-24-26-20(28)11-19(27)25-15-5-7-16(30-2)8-6-15/h5-10,12H,4,11,13H2,1-3H3,(H,25,27)(H,26,28). The van der Waals surface area contributed by atoms with E-state index < -0.39 is 24.2 Å². The van der Waals surface area contributed by atoms with Crippen LogP contribution in [0.15, 0.2) is 46.0 Å². The van der Waals surface area contributed by atoms with Crippen LogP contribution in [-0.4, -0.2) is 51.4 Å². The lowest BCUT2D eigenvalue weighted by atomic mass is 10.2. The monoisotopic (exact) mass is 521 g/mol. The van der Waals surface area contributed by atoms with E-state index in [0.717, 1.165) is 0 Å². The first-order valence-corrected chi connectivity index (χ1v) is 10.6. The number of methoxy groups -OCH3 is 2.